The van der Waals surface area contributed by atoms with E-state index in [1.807, 2.05) is 31.2 Å². The van der Waals surface area contributed by atoms with Crippen LogP contribution in [0, 0.1) is 7.14 Å². The summed E-state index contributed by atoms with van der Waals surface area (Å²) in [6, 6.07) is 8.37. The van der Waals surface area contributed by atoms with Crippen molar-refractivity contribution in [2.75, 3.05) is 13.7 Å². The number of aromatic nitrogens is 1. The van der Waals surface area contributed by atoms with Crippen molar-refractivity contribution in [2.45, 2.75) is 32.7 Å². The van der Waals surface area contributed by atoms with E-state index < -0.39 is 12.0 Å². The molecular formula is C26H23BrI2N2O5S. The maximum atomic E-state index is 13.9. The number of ether oxygens (including phenoxy) is 2. The van der Waals surface area contributed by atoms with Crippen LogP contribution in [0.2, 0.25) is 0 Å². The standard InChI is InChI=1S/C26H23BrI2N2O5S/c1-4-6-18-21(25(34)36-5-2)22(16-11-14(27)7-8-19(16)35-3)31-24(33)20(37-26(31)30-18)10-13-9-15(28)12-17(29)23(13)32/h7-12,22,32H,4-6H2,1-3H3/b20-10+/t22-/m1/s1. The van der Waals surface area contributed by atoms with Crippen LogP contribution in [0.5, 0.6) is 11.5 Å². The Morgan fingerprint density at radius 2 is 2.03 bits per heavy atom. The van der Waals surface area contributed by atoms with E-state index in [0.29, 0.717) is 47.5 Å². The van der Waals surface area contributed by atoms with E-state index in [4.69, 9.17) is 14.5 Å². The average Bonchev–Trinajstić information content (AvgIpc) is 3.16. The molecule has 0 fully saturated rings. The zero-order valence-electron chi connectivity index (χ0n) is 20.2. The molecule has 0 saturated heterocycles. The van der Waals surface area contributed by atoms with Crippen molar-refractivity contribution in [2.24, 2.45) is 4.99 Å². The minimum atomic E-state index is -0.795. The van der Waals surface area contributed by atoms with E-state index in [1.54, 1.807) is 26.2 Å². The van der Waals surface area contributed by atoms with Gasteiger partial charge in [0, 0.05) is 19.2 Å². The summed E-state index contributed by atoms with van der Waals surface area (Å²) in [7, 11) is 1.55. The molecule has 0 saturated carbocycles. The highest BCUT2D eigenvalue weighted by Gasteiger charge is 2.36. The van der Waals surface area contributed by atoms with Crippen LogP contribution >= 0.6 is 72.4 Å². The summed E-state index contributed by atoms with van der Waals surface area (Å²) < 4.78 is 15.4. The van der Waals surface area contributed by atoms with Gasteiger partial charge in [-0.1, -0.05) is 40.6 Å². The monoisotopic (exact) mass is 808 g/mol. The third-order valence-corrected chi connectivity index (χ3v) is 8.64. The lowest BCUT2D eigenvalue weighted by Gasteiger charge is -2.27. The van der Waals surface area contributed by atoms with E-state index >= 15 is 0 Å². The summed E-state index contributed by atoms with van der Waals surface area (Å²) in [5.74, 6) is 0.129. The minimum absolute atomic E-state index is 0.107. The van der Waals surface area contributed by atoms with Crippen molar-refractivity contribution in [1.82, 2.24) is 4.57 Å². The van der Waals surface area contributed by atoms with Gasteiger partial charge in [0.25, 0.3) is 5.56 Å². The van der Waals surface area contributed by atoms with Crippen molar-refractivity contribution < 1.29 is 19.4 Å². The fraction of sp³-hybridized carbons (Fsp3) is 0.269. The van der Waals surface area contributed by atoms with E-state index in [1.165, 1.54) is 15.9 Å². The first-order valence-corrected chi connectivity index (χ1v) is 15.2. The maximum Gasteiger partial charge on any atom is 0.338 e. The van der Waals surface area contributed by atoms with E-state index in [9.17, 15) is 14.7 Å². The summed E-state index contributed by atoms with van der Waals surface area (Å²) in [6.45, 7) is 3.95. The minimum Gasteiger partial charge on any atom is -0.506 e. The molecule has 2 aromatic carbocycles. The lowest BCUT2D eigenvalue weighted by atomic mass is 9.93. The highest BCUT2D eigenvalue weighted by atomic mass is 127. The highest BCUT2D eigenvalue weighted by Crippen LogP contribution is 2.38. The van der Waals surface area contributed by atoms with Crippen LogP contribution in [0.1, 0.15) is 43.9 Å². The second-order valence-electron chi connectivity index (χ2n) is 8.13. The van der Waals surface area contributed by atoms with Gasteiger partial charge in [-0.15, -0.1) is 0 Å². The summed E-state index contributed by atoms with van der Waals surface area (Å²) in [4.78, 5) is 32.5. The number of carbonyl (C=O) groups excluding carboxylic acids is 1. The van der Waals surface area contributed by atoms with Gasteiger partial charge >= 0.3 is 5.97 Å². The summed E-state index contributed by atoms with van der Waals surface area (Å²) >= 11 is 8.99. The number of methoxy groups -OCH3 is 1. The summed E-state index contributed by atoms with van der Waals surface area (Å²) in [5.41, 5.74) is 1.78. The van der Waals surface area contributed by atoms with Crippen molar-refractivity contribution in [3.63, 3.8) is 0 Å². The number of thiazole rings is 1. The molecule has 1 aliphatic heterocycles. The van der Waals surface area contributed by atoms with Gasteiger partial charge in [-0.2, -0.15) is 0 Å². The van der Waals surface area contributed by atoms with Crippen molar-refractivity contribution in [3.8, 4) is 11.5 Å². The molecule has 4 rings (SSSR count). The fourth-order valence-electron chi connectivity index (χ4n) is 4.17. The van der Waals surface area contributed by atoms with E-state index in [-0.39, 0.29) is 17.9 Å². The Hall–Kier alpha value is -1.71. The number of esters is 1. The number of nitrogens with zero attached hydrogens (tertiary/aromatic N) is 2. The molecule has 0 spiro atoms. The number of fused-ring (bicyclic) bond motifs is 1. The number of benzene rings is 2. The predicted octanol–water partition coefficient (Wildman–Crippen LogP) is 5.26. The second kappa shape index (κ2) is 12.0. The summed E-state index contributed by atoms with van der Waals surface area (Å²) in [5, 5.41) is 10.6. The molecule has 0 unspecified atom stereocenters. The quantitative estimate of drug-likeness (QED) is 0.260. The van der Waals surface area contributed by atoms with E-state index in [2.05, 4.69) is 61.1 Å². The van der Waals surface area contributed by atoms with Crippen molar-refractivity contribution >= 4 is 84.5 Å². The predicted molar refractivity (Wildman–Crippen MR) is 164 cm³/mol. The Morgan fingerprint density at radius 1 is 1.27 bits per heavy atom. The molecule has 2 heterocycles. The molecule has 194 valence electrons. The molecule has 1 aliphatic rings. The van der Waals surface area contributed by atoms with Crippen LogP contribution < -0.4 is 19.6 Å². The van der Waals surface area contributed by atoms with E-state index in [0.717, 1.165) is 14.5 Å². The lowest BCUT2D eigenvalue weighted by molar-refractivity contribution is -0.139. The second-order valence-corrected chi connectivity index (χ2v) is 12.5. The molecule has 0 bridgehead atoms. The Labute approximate surface area is 253 Å². The van der Waals surface area contributed by atoms with Crippen LogP contribution in [-0.2, 0) is 9.53 Å². The number of halogens is 3. The number of phenols is 1. The van der Waals surface area contributed by atoms with Gasteiger partial charge in [0.15, 0.2) is 4.80 Å². The number of carbonyl (C=O) groups is 1. The number of hydrogen-bond donors (Lipinski definition) is 1. The molecule has 0 amide bonds. The molecule has 37 heavy (non-hydrogen) atoms. The first kappa shape index (κ1) is 28.3. The number of aromatic hydroxyl groups is 1. The van der Waals surface area contributed by atoms with Crippen molar-refractivity contribution in [1.29, 1.82) is 0 Å². The van der Waals surface area contributed by atoms with Crippen LogP contribution in [0.3, 0.4) is 0 Å². The van der Waals surface area contributed by atoms with Gasteiger partial charge < -0.3 is 14.6 Å². The van der Waals surface area contributed by atoms with Crippen LogP contribution in [0.25, 0.3) is 6.08 Å². The third-order valence-electron chi connectivity index (χ3n) is 5.72. The SMILES string of the molecule is CCCC1=C(C(=O)OCC)[C@@H](c2cc(Br)ccc2OC)n2c(s/c(=C/c3cc(I)cc(I)c3O)c2=O)=N1. The Morgan fingerprint density at radius 3 is 2.70 bits per heavy atom. The number of rotatable bonds is 7. The Kier molecular flexibility index (Phi) is 9.17. The van der Waals surface area contributed by atoms with Crippen LogP contribution in [-0.4, -0.2) is 29.4 Å². The zero-order chi connectivity index (χ0) is 26.9. The van der Waals surface area contributed by atoms with Gasteiger partial charge in [-0.3, -0.25) is 9.36 Å². The maximum absolute atomic E-state index is 13.9. The molecule has 11 heteroatoms. The zero-order valence-corrected chi connectivity index (χ0v) is 26.9. The smallest absolute Gasteiger partial charge is 0.338 e. The molecule has 1 aromatic heterocycles. The molecule has 1 atom stereocenters. The molecule has 3 aromatic rings. The van der Waals surface area contributed by atoms with Crippen molar-refractivity contribution in [3.05, 3.63) is 84.0 Å². The van der Waals surface area contributed by atoms with Gasteiger partial charge in [0.2, 0.25) is 0 Å². The molecule has 0 radical (unpaired) electrons. The molecule has 7 nitrogen and oxygen atoms in total. The molecular weight excluding hydrogens is 786 g/mol. The molecule has 0 aliphatic carbocycles. The van der Waals surface area contributed by atoms with Crippen LogP contribution in [0.4, 0.5) is 0 Å². The van der Waals surface area contributed by atoms with Gasteiger partial charge in [0.1, 0.15) is 17.5 Å². The van der Waals surface area contributed by atoms with Gasteiger partial charge in [-0.25, -0.2) is 9.79 Å². The number of phenolic OH excluding ortho intramolecular Hbond substituents is 1. The number of allylic oxidation sites excluding steroid dienone is 1. The average molecular weight is 809 g/mol. The third kappa shape index (κ3) is 5.69. The topological polar surface area (TPSA) is 90.1 Å². The highest BCUT2D eigenvalue weighted by molar-refractivity contribution is 14.1. The van der Waals surface area contributed by atoms with Gasteiger partial charge in [0.05, 0.1) is 33.1 Å². The largest absolute Gasteiger partial charge is 0.506 e. The first-order chi connectivity index (χ1) is 17.7. The molecule has 1 N–H and O–H groups in total. The van der Waals surface area contributed by atoms with Gasteiger partial charge in [-0.05, 0) is 94.9 Å². The Balaban J connectivity index is 2.08. The number of hydrogen-bond acceptors (Lipinski definition) is 7. The lowest BCUT2D eigenvalue weighted by Crippen LogP contribution is -2.40. The Bertz CT molecular complexity index is 1600. The fourth-order valence-corrected chi connectivity index (χ4v) is 7.45. The summed E-state index contributed by atoms with van der Waals surface area (Å²) in [6.07, 6.45) is 2.97. The first-order valence-electron chi connectivity index (χ1n) is 11.4. The van der Waals surface area contributed by atoms with Crippen LogP contribution in [0.15, 0.2) is 55.9 Å². The normalized spacial score (nSPS) is 15.4.